The van der Waals surface area contributed by atoms with Crippen molar-refractivity contribution in [3.63, 3.8) is 0 Å². The summed E-state index contributed by atoms with van der Waals surface area (Å²) in [5, 5.41) is 11.7. The van der Waals surface area contributed by atoms with E-state index in [9.17, 15) is 36.6 Å². The van der Waals surface area contributed by atoms with Crippen LogP contribution in [0.3, 0.4) is 0 Å². The Morgan fingerprint density at radius 2 is 1.97 bits per heavy atom. The fourth-order valence-corrected chi connectivity index (χ4v) is 4.21. The number of aromatic nitrogens is 1. The number of nitrogens with one attached hydrogen (secondary N) is 1. The number of nitrogens with zero attached hydrogens (tertiary/aromatic N) is 1. The minimum atomic E-state index is -4.95. The van der Waals surface area contributed by atoms with Gasteiger partial charge in [-0.05, 0) is 25.1 Å². The van der Waals surface area contributed by atoms with Crippen LogP contribution in [0.25, 0.3) is 0 Å². The fourth-order valence-electron chi connectivity index (χ4n) is 4.21. The van der Waals surface area contributed by atoms with Gasteiger partial charge in [0.05, 0.1) is 6.61 Å². The lowest BCUT2D eigenvalue weighted by molar-refractivity contribution is -0.272. The Kier molecular flexibility index (Phi) is 8.58. The number of alkyl halides is 3. The summed E-state index contributed by atoms with van der Waals surface area (Å²) in [5.41, 5.74) is 1.83. The Morgan fingerprint density at radius 3 is 2.55 bits per heavy atom. The molecule has 208 valence electrons. The normalized spacial score (nSPS) is 24.2. The summed E-state index contributed by atoms with van der Waals surface area (Å²) in [6, 6.07) is 4.10. The van der Waals surface area contributed by atoms with Gasteiger partial charge in [0.2, 0.25) is 5.82 Å². The molecule has 2 amide bonds. The summed E-state index contributed by atoms with van der Waals surface area (Å²) in [5.74, 6) is -8.51. The van der Waals surface area contributed by atoms with Crippen molar-refractivity contribution in [1.29, 1.82) is 0 Å². The number of carbonyl (C=O) groups is 2. The Morgan fingerprint density at radius 1 is 1.29 bits per heavy atom. The summed E-state index contributed by atoms with van der Waals surface area (Å²) in [6.45, 7) is 0.910. The van der Waals surface area contributed by atoms with Crippen molar-refractivity contribution in [3.8, 4) is 5.75 Å². The second-order valence-electron chi connectivity index (χ2n) is 8.87. The average Bonchev–Trinajstić information content (AvgIpc) is 3.14. The average molecular weight is 547 g/mol. The first-order chi connectivity index (χ1) is 17.7. The second kappa shape index (κ2) is 11.2. The van der Waals surface area contributed by atoms with Crippen LogP contribution in [0.4, 0.5) is 27.6 Å². The molecule has 4 N–H and O–H groups in total. The number of methoxy groups -OCH3 is 1. The molecule has 9 nitrogen and oxygen atoms in total. The van der Waals surface area contributed by atoms with Crippen molar-refractivity contribution in [2.45, 2.75) is 43.8 Å². The van der Waals surface area contributed by atoms with Gasteiger partial charge < -0.3 is 30.4 Å². The van der Waals surface area contributed by atoms with Gasteiger partial charge in [0.25, 0.3) is 11.8 Å². The standard InChI is InChI=1S/C24H26F5N3O6/c1-11-17(14-4-5-15(25)18(26)19(14)37-10-13(9-33)36-3)20(38-23(11,2)24(27,28)29)22(35)32-12-6-7-31-16(8-12)21(30)34/h4-8,11,13,17,20,33H,9-10H2,1-3H3,(H2,30,34)(H,31,32,35)/t11-,13-,17-,20+,23+/m0/s1. The molecule has 2 heterocycles. The lowest BCUT2D eigenvalue weighted by Crippen LogP contribution is -2.47. The van der Waals surface area contributed by atoms with Crippen LogP contribution in [-0.4, -0.2) is 66.2 Å². The van der Waals surface area contributed by atoms with E-state index in [1.54, 1.807) is 0 Å². The summed E-state index contributed by atoms with van der Waals surface area (Å²) in [7, 11) is 1.23. The van der Waals surface area contributed by atoms with Gasteiger partial charge in [-0.3, -0.25) is 14.6 Å². The molecule has 0 bridgehead atoms. The van der Waals surface area contributed by atoms with Gasteiger partial charge in [-0.1, -0.05) is 13.0 Å². The molecule has 1 aromatic heterocycles. The second-order valence-corrected chi connectivity index (χ2v) is 8.87. The number of ether oxygens (including phenoxy) is 3. The van der Waals surface area contributed by atoms with E-state index in [-0.39, 0.29) is 16.9 Å². The van der Waals surface area contributed by atoms with Crippen LogP contribution in [0.15, 0.2) is 30.5 Å². The Balaban J connectivity index is 2.08. The Labute approximate surface area is 214 Å². The van der Waals surface area contributed by atoms with E-state index in [0.717, 1.165) is 25.3 Å². The lowest BCUT2D eigenvalue weighted by Gasteiger charge is -2.32. The molecule has 2 aromatic rings. The molecule has 1 fully saturated rings. The number of primary amides is 1. The van der Waals surface area contributed by atoms with Gasteiger partial charge >= 0.3 is 6.18 Å². The molecule has 1 aromatic carbocycles. The molecule has 38 heavy (non-hydrogen) atoms. The van der Waals surface area contributed by atoms with Crippen molar-refractivity contribution in [2.75, 3.05) is 25.6 Å². The summed E-state index contributed by atoms with van der Waals surface area (Å²) < 4.78 is 87.1. The van der Waals surface area contributed by atoms with Crippen LogP contribution in [0.1, 0.15) is 35.8 Å². The zero-order chi connectivity index (χ0) is 28.4. The van der Waals surface area contributed by atoms with Crippen molar-refractivity contribution in [2.24, 2.45) is 11.7 Å². The smallest absolute Gasteiger partial charge is 0.417 e. The highest BCUT2D eigenvalue weighted by Gasteiger charge is 2.66. The number of nitrogens with two attached hydrogens (primary N) is 1. The van der Waals surface area contributed by atoms with E-state index in [1.807, 2.05) is 0 Å². The highest BCUT2D eigenvalue weighted by atomic mass is 19.4. The summed E-state index contributed by atoms with van der Waals surface area (Å²) >= 11 is 0. The van der Waals surface area contributed by atoms with E-state index in [2.05, 4.69) is 10.3 Å². The number of pyridine rings is 1. The molecule has 1 saturated heterocycles. The molecular formula is C24H26F5N3O6. The van der Waals surface area contributed by atoms with Crippen LogP contribution in [0, 0.1) is 17.6 Å². The third-order valence-corrected chi connectivity index (χ3v) is 6.60. The van der Waals surface area contributed by atoms with Gasteiger partial charge in [-0.25, -0.2) is 4.39 Å². The van der Waals surface area contributed by atoms with Crippen molar-refractivity contribution in [1.82, 2.24) is 4.98 Å². The lowest BCUT2D eigenvalue weighted by atomic mass is 9.77. The van der Waals surface area contributed by atoms with Gasteiger partial charge in [-0.2, -0.15) is 17.6 Å². The van der Waals surface area contributed by atoms with Crippen LogP contribution >= 0.6 is 0 Å². The maximum absolute atomic E-state index is 14.9. The number of anilines is 1. The quantitative estimate of drug-likeness (QED) is 0.411. The number of hydrogen-bond donors (Lipinski definition) is 3. The molecule has 0 saturated carbocycles. The molecule has 0 radical (unpaired) electrons. The zero-order valence-corrected chi connectivity index (χ0v) is 20.5. The molecular weight excluding hydrogens is 521 g/mol. The molecule has 5 atom stereocenters. The summed E-state index contributed by atoms with van der Waals surface area (Å²) in [6.07, 6.45) is -6.61. The number of benzene rings is 1. The Hall–Kier alpha value is -3.36. The molecule has 0 spiro atoms. The number of aliphatic hydroxyl groups is 1. The minimum Gasteiger partial charge on any atom is -0.487 e. The topological polar surface area (TPSA) is 133 Å². The largest absolute Gasteiger partial charge is 0.487 e. The maximum Gasteiger partial charge on any atom is 0.417 e. The first-order valence-electron chi connectivity index (χ1n) is 11.3. The van der Waals surface area contributed by atoms with Crippen LogP contribution < -0.4 is 15.8 Å². The minimum absolute atomic E-state index is 0.0120. The SMILES string of the molecule is CO[C@@H](CO)COc1c([C@H]2[C@H](C(=O)Nc3ccnc(C(N)=O)c3)O[C@@](C)(C(F)(F)F)[C@H]2C)ccc(F)c1F. The molecule has 1 aliphatic heterocycles. The molecule has 3 rings (SSSR count). The number of aliphatic hydroxyl groups excluding tert-OH is 1. The molecule has 0 aliphatic carbocycles. The summed E-state index contributed by atoms with van der Waals surface area (Å²) in [4.78, 5) is 28.4. The highest BCUT2D eigenvalue weighted by molar-refractivity contribution is 5.97. The highest BCUT2D eigenvalue weighted by Crippen LogP contribution is 2.55. The van der Waals surface area contributed by atoms with E-state index < -0.39 is 78.2 Å². The fraction of sp³-hybridized carbons (Fsp3) is 0.458. The van der Waals surface area contributed by atoms with Gasteiger partial charge in [0.15, 0.2) is 17.2 Å². The predicted octanol–water partition coefficient (Wildman–Crippen LogP) is 2.92. The first-order valence-corrected chi connectivity index (χ1v) is 11.3. The number of amides is 2. The van der Waals surface area contributed by atoms with Gasteiger partial charge in [-0.15, -0.1) is 0 Å². The van der Waals surface area contributed by atoms with E-state index in [1.165, 1.54) is 20.1 Å². The molecule has 1 aliphatic rings. The van der Waals surface area contributed by atoms with Crippen LogP contribution in [0.5, 0.6) is 5.75 Å². The predicted molar refractivity (Wildman–Crippen MR) is 122 cm³/mol. The molecule has 0 unspecified atom stereocenters. The maximum atomic E-state index is 14.9. The van der Waals surface area contributed by atoms with Gasteiger partial charge in [0.1, 0.15) is 24.5 Å². The van der Waals surface area contributed by atoms with E-state index in [0.29, 0.717) is 6.07 Å². The number of hydrogen-bond acceptors (Lipinski definition) is 7. The van der Waals surface area contributed by atoms with Gasteiger partial charge in [0, 0.05) is 36.4 Å². The number of carbonyl (C=O) groups excluding carboxylic acids is 2. The third-order valence-electron chi connectivity index (χ3n) is 6.60. The zero-order valence-electron chi connectivity index (χ0n) is 20.5. The van der Waals surface area contributed by atoms with E-state index in [4.69, 9.17) is 19.9 Å². The van der Waals surface area contributed by atoms with Crippen LogP contribution in [-0.2, 0) is 14.3 Å². The van der Waals surface area contributed by atoms with Crippen LogP contribution in [0.2, 0.25) is 0 Å². The third kappa shape index (κ3) is 5.56. The monoisotopic (exact) mass is 547 g/mol. The van der Waals surface area contributed by atoms with E-state index >= 15 is 0 Å². The first kappa shape index (κ1) is 29.2. The molecule has 14 heteroatoms. The van der Waals surface area contributed by atoms with Crippen molar-refractivity contribution < 1.29 is 50.9 Å². The number of halogens is 5. The van der Waals surface area contributed by atoms with Crippen molar-refractivity contribution in [3.05, 3.63) is 53.4 Å². The van der Waals surface area contributed by atoms with Crippen molar-refractivity contribution >= 4 is 17.5 Å². The Bertz CT molecular complexity index is 1190. The number of rotatable bonds is 9.